The number of esters is 1. The molecule has 0 aliphatic carbocycles. The number of aliphatic carboxylic acids is 1. The summed E-state index contributed by atoms with van der Waals surface area (Å²) in [5.74, 6) is -0.929. The van der Waals surface area contributed by atoms with Crippen molar-refractivity contribution in [2.24, 2.45) is 0 Å². The topological polar surface area (TPSA) is 79.4 Å². The molecular weight excluding hydrogens is 378 g/mol. The van der Waals surface area contributed by atoms with E-state index in [-0.39, 0.29) is 12.4 Å². The summed E-state index contributed by atoms with van der Waals surface area (Å²) < 4.78 is 4.61. The summed E-state index contributed by atoms with van der Waals surface area (Å²) in [4.78, 5) is 24.8. The van der Waals surface area contributed by atoms with Crippen LogP contribution in [0.15, 0.2) is 72.9 Å². The smallest absolute Gasteiger partial charge is 0.307 e. The molecule has 0 saturated heterocycles. The highest BCUT2D eigenvalue weighted by Crippen LogP contribution is 2.20. The molecule has 3 aromatic carbocycles. The maximum absolute atomic E-state index is 11.0. The summed E-state index contributed by atoms with van der Waals surface area (Å²) >= 11 is 0. The summed E-state index contributed by atoms with van der Waals surface area (Å²) in [6.07, 6.45) is 4.31. The molecule has 0 bridgehead atoms. The van der Waals surface area contributed by atoms with E-state index < -0.39 is 5.97 Å². The number of H-pyrrole nitrogens is 1. The Morgan fingerprint density at radius 2 is 1.60 bits per heavy atom. The average Bonchev–Trinajstić information content (AvgIpc) is 3.17. The molecule has 4 aromatic rings. The maximum atomic E-state index is 11.0. The highest BCUT2D eigenvalue weighted by Gasteiger charge is 2.05. The van der Waals surface area contributed by atoms with E-state index >= 15 is 0 Å². The van der Waals surface area contributed by atoms with Gasteiger partial charge in [-0.2, -0.15) is 0 Å². The molecule has 0 unspecified atom stereocenters. The zero-order valence-electron chi connectivity index (χ0n) is 16.9. The van der Waals surface area contributed by atoms with Gasteiger partial charge in [-0.3, -0.25) is 9.59 Å². The number of carboxylic acid groups (broad SMARTS) is 1. The van der Waals surface area contributed by atoms with Gasteiger partial charge in [-0.15, -0.1) is 0 Å². The Kier molecular flexibility index (Phi) is 7.22. The number of carbonyl (C=O) groups is 2. The zero-order valence-corrected chi connectivity index (χ0v) is 16.9. The first kappa shape index (κ1) is 21.1. The number of aromatic amines is 1. The van der Waals surface area contributed by atoms with Crippen LogP contribution >= 0.6 is 0 Å². The molecule has 1 heterocycles. The molecular formula is C25H25NO4. The first-order chi connectivity index (χ1) is 14.6. The van der Waals surface area contributed by atoms with Crippen LogP contribution in [0.5, 0.6) is 0 Å². The lowest BCUT2D eigenvalue weighted by molar-refractivity contribution is -0.140. The predicted molar refractivity (Wildman–Crippen MR) is 119 cm³/mol. The third-order valence-electron chi connectivity index (χ3n) is 4.95. The normalized spacial score (nSPS) is 10.4. The molecule has 0 atom stereocenters. The summed E-state index contributed by atoms with van der Waals surface area (Å²) in [5, 5.41) is 12.1. The summed E-state index contributed by atoms with van der Waals surface area (Å²) in [6, 6.07) is 21.7. The first-order valence-corrected chi connectivity index (χ1v) is 9.88. The molecule has 0 aliphatic rings. The number of ether oxygens (including phenoxy) is 1. The fraction of sp³-hybridized carbons (Fsp3) is 0.200. The number of aromatic nitrogens is 1. The number of aryl methyl sites for hydroxylation is 1. The minimum atomic E-state index is -0.790. The van der Waals surface area contributed by atoms with Crippen molar-refractivity contribution in [2.45, 2.75) is 25.7 Å². The van der Waals surface area contributed by atoms with Gasteiger partial charge in [0.05, 0.1) is 13.5 Å². The Morgan fingerprint density at radius 3 is 2.37 bits per heavy atom. The van der Waals surface area contributed by atoms with Gasteiger partial charge in [0.1, 0.15) is 0 Å². The van der Waals surface area contributed by atoms with Crippen molar-refractivity contribution in [3.05, 3.63) is 84.1 Å². The molecule has 0 radical (unpaired) electrons. The maximum Gasteiger partial charge on any atom is 0.307 e. The van der Waals surface area contributed by atoms with Crippen molar-refractivity contribution in [1.29, 1.82) is 0 Å². The standard InChI is InChI=1S/C13H15NO2.C12H10O2/c1-16-13(15)8-4-5-10-9-14-12-7-3-2-6-11(10)12;13-12(14)8-10-6-3-5-9-4-1-2-7-11(9)10/h2-3,6-7,9,14H,4-5,8H2,1H3;1-7H,8H2,(H,13,14). The quantitative estimate of drug-likeness (QED) is 0.437. The van der Waals surface area contributed by atoms with Crippen molar-refractivity contribution in [3.63, 3.8) is 0 Å². The molecule has 1 aromatic heterocycles. The number of methoxy groups -OCH3 is 1. The second-order valence-electron chi connectivity index (χ2n) is 7.00. The fourth-order valence-corrected chi connectivity index (χ4v) is 3.47. The first-order valence-electron chi connectivity index (χ1n) is 9.88. The molecule has 4 rings (SSSR count). The number of benzene rings is 3. The highest BCUT2D eigenvalue weighted by molar-refractivity contribution is 5.88. The van der Waals surface area contributed by atoms with Gasteiger partial charge in [0.15, 0.2) is 0 Å². The van der Waals surface area contributed by atoms with Gasteiger partial charge in [0.2, 0.25) is 0 Å². The van der Waals surface area contributed by atoms with Crippen LogP contribution in [-0.2, 0) is 27.2 Å². The van der Waals surface area contributed by atoms with Crippen LogP contribution < -0.4 is 0 Å². The van der Waals surface area contributed by atoms with E-state index in [9.17, 15) is 9.59 Å². The summed E-state index contributed by atoms with van der Waals surface area (Å²) in [5.41, 5.74) is 3.28. The fourth-order valence-electron chi connectivity index (χ4n) is 3.47. The average molecular weight is 403 g/mol. The molecule has 30 heavy (non-hydrogen) atoms. The molecule has 5 nitrogen and oxygen atoms in total. The van der Waals surface area contributed by atoms with E-state index in [0.29, 0.717) is 6.42 Å². The molecule has 0 fully saturated rings. The van der Waals surface area contributed by atoms with Crippen LogP contribution in [0.1, 0.15) is 24.0 Å². The second kappa shape index (κ2) is 10.3. The number of fused-ring (bicyclic) bond motifs is 2. The van der Waals surface area contributed by atoms with E-state index in [0.717, 1.165) is 34.7 Å². The van der Waals surface area contributed by atoms with Crippen molar-refractivity contribution < 1.29 is 19.4 Å². The molecule has 0 spiro atoms. The lowest BCUT2D eigenvalue weighted by Crippen LogP contribution is -2.00. The van der Waals surface area contributed by atoms with Crippen molar-refractivity contribution in [3.8, 4) is 0 Å². The number of hydrogen-bond donors (Lipinski definition) is 2. The lowest BCUT2D eigenvalue weighted by atomic mass is 10.0. The molecule has 0 amide bonds. The molecule has 0 aliphatic heterocycles. The van der Waals surface area contributed by atoms with Gasteiger partial charge < -0.3 is 14.8 Å². The highest BCUT2D eigenvalue weighted by atomic mass is 16.5. The number of carboxylic acids is 1. The third kappa shape index (κ3) is 5.47. The Morgan fingerprint density at radius 1 is 0.900 bits per heavy atom. The molecule has 2 N–H and O–H groups in total. The monoisotopic (exact) mass is 403 g/mol. The molecule has 154 valence electrons. The van der Waals surface area contributed by atoms with Gasteiger partial charge >= 0.3 is 11.9 Å². The van der Waals surface area contributed by atoms with E-state index in [1.807, 2.05) is 60.8 Å². The number of para-hydroxylation sites is 1. The summed E-state index contributed by atoms with van der Waals surface area (Å²) in [6.45, 7) is 0. The minimum absolute atomic E-state index is 0.0847. The Balaban J connectivity index is 0.000000172. The molecule has 5 heteroatoms. The number of rotatable bonds is 6. The molecule has 0 saturated carbocycles. The van der Waals surface area contributed by atoms with Crippen LogP contribution in [0.3, 0.4) is 0 Å². The van der Waals surface area contributed by atoms with Crippen LogP contribution in [0.4, 0.5) is 0 Å². The van der Waals surface area contributed by atoms with Crippen LogP contribution in [0, 0.1) is 0 Å². The van der Waals surface area contributed by atoms with Crippen LogP contribution in [0.25, 0.3) is 21.7 Å². The van der Waals surface area contributed by atoms with Gasteiger partial charge in [0.25, 0.3) is 0 Å². The van der Waals surface area contributed by atoms with Crippen molar-refractivity contribution in [2.75, 3.05) is 7.11 Å². The van der Waals surface area contributed by atoms with Crippen molar-refractivity contribution in [1.82, 2.24) is 4.98 Å². The Labute approximate surface area is 175 Å². The SMILES string of the molecule is COC(=O)CCCc1c[nH]c2ccccc12.O=C(O)Cc1cccc2ccccc12. The summed E-state index contributed by atoms with van der Waals surface area (Å²) in [7, 11) is 1.42. The van der Waals surface area contributed by atoms with Crippen LogP contribution in [0.2, 0.25) is 0 Å². The van der Waals surface area contributed by atoms with Crippen molar-refractivity contribution >= 4 is 33.6 Å². The minimum Gasteiger partial charge on any atom is -0.481 e. The van der Waals surface area contributed by atoms with Gasteiger partial charge in [-0.05, 0) is 40.8 Å². The second-order valence-corrected chi connectivity index (χ2v) is 7.00. The number of nitrogens with one attached hydrogen (secondary N) is 1. The van der Waals surface area contributed by atoms with Gasteiger partial charge in [-0.25, -0.2) is 0 Å². The van der Waals surface area contributed by atoms with Gasteiger partial charge in [-0.1, -0.05) is 60.7 Å². The largest absolute Gasteiger partial charge is 0.481 e. The Bertz CT molecular complexity index is 1140. The van der Waals surface area contributed by atoms with E-state index in [2.05, 4.69) is 21.9 Å². The van der Waals surface area contributed by atoms with E-state index in [1.165, 1.54) is 18.1 Å². The van der Waals surface area contributed by atoms with E-state index in [4.69, 9.17) is 5.11 Å². The van der Waals surface area contributed by atoms with Gasteiger partial charge in [0, 0.05) is 23.5 Å². The third-order valence-corrected chi connectivity index (χ3v) is 4.95. The number of carbonyl (C=O) groups excluding carboxylic acids is 1. The van der Waals surface area contributed by atoms with E-state index in [1.54, 1.807) is 0 Å². The Hall–Kier alpha value is -3.60. The predicted octanol–water partition coefficient (Wildman–Crippen LogP) is 5.13. The number of hydrogen-bond acceptors (Lipinski definition) is 3. The zero-order chi connectivity index (χ0) is 21.3. The lowest BCUT2D eigenvalue weighted by Gasteiger charge is -2.02. The van der Waals surface area contributed by atoms with Crippen LogP contribution in [-0.4, -0.2) is 29.1 Å².